The van der Waals surface area contributed by atoms with Crippen molar-refractivity contribution in [2.45, 2.75) is 34.2 Å². The number of nitrogens with zero attached hydrogens (tertiary/aromatic N) is 4. The molecule has 0 spiro atoms. The summed E-state index contributed by atoms with van der Waals surface area (Å²) in [6.07, 6.45) is 1.83. The van der Waals surface area contributed by atoms with Crippen molar-refractivity contribution < 1.29 is 20.1 Å². The summed E-state index contributed by atoms with van der Waals surface area (Å²) in [5, 5.41) is 2.56. The third-order valence-corrected chi connectivity index (χ3v) is 7.94. The zero-order valence-corrected chi connectivity index (χ0v) is 31.2. The summed E-state index contributed by atoms with van der Waals surface area (Å²) in [4.78, 5) is 13.3. The summed E-state index contributed by atoms with van der Waals surface area (Å²) in [6.45, 7) is 9.51. The molecule has 8 rings (SSSR count). The first-order chi connectivity index (χ1) is 24.0. The fourth-order valence-corrected chi connectivity index (χ4v) is 5.71. The van der Waals surface area contributed by atoms with Crippen LogP contribution in [0.15, 0.2) is 146 Å². The molecule has 5 heteroatoms. The Morgan fingerprint density at radius 3 is 1.68 bits per heavy atom. The molecule has 50 heavy (non-hydrogen) atoms. The SMILES string of the molecule is CC(C)Cn1c2ccccc2c2c[c-]c(-c3ccccn3)cc21.Cc1cccc(-c2[c-]cccc2)n1.Cc1cccc(-c2[c-]cccc2)n1.[Ir+3]. The minimum atomic E-state index is 0. The van der Waals surface area contributed by atoms with Gasteiger partial charge in [-0.2, -0.15) is 0 Å². The van der Waals surface area contributed by atoms with Gasteiger partial charge in [0.25, 0.3) is 0 Å². The van der Waals surface area contributed by atoms with Crippen molar-refractivity contribution in [2.75, 3.05) is 0 Å². The zero-order chi connectivity index (χ0) is 34.0. The molecule has 0 unspecified atom stereocenters. The Morgan fingerprint density at radius 1 is 0.560 bits per heavy atom. The molecule has 0 fully saturated rings. The molecule has 0 atom stereocenters. The molecule has 4 aromatic heterocycles. The van der Waals surface area contributed by atoms with Crippen LogP contribution in [0.5, 0.6) is 0 Å². The Balaban J connectivity index is 0.000000155. The monoisotopic (exact) mass is 828 g/mol. The van der Waals surface area contributed by atoms with E-state index in [1.54, 1.807) is 0 Å². The van der Waals surface area contributed by atoms with Gasteiger partial charge in [-0.3, -0.25) is 0 Å². The second kappa shape index (κ2) is 17.4. The number of hydrogen-bond acceptors (Lipinski definition) is 3. The zero-order valence-electron chi connectivity index (χ0n) is 28.8. The van der Waals surface area contributed by atoms with Gasteiger partial charge in [0, 0.05) is 29.6 Å². The Bertz CT molecular complexity index is 2160. The van der Waals surface area contributed by atoms with Crippen molar-refractivity contribution in [3.8, 4) is 33.8 Å². The van der Waals surface area contributed by atoms with E-state index >= 15 is 0 Å². The molecule has 0 aliphatic rings. The van der Waals surface area contributed by atoms with E-state index in [9.17, 15) is 0 Å². The number of aryl methyl sites for hydroxylation is 2. The Labute approximate surface area is 309 Å². The Morgan fingerprint density at radius 2 is 1.14 bits per heavy atom. The molecule has 0 aliphatic carbocycles. The van der Waals surface area contributed by atoms with E-state index in [1.807, 2.05) is 123 Å². The first kappa shape index (κ1) is 36.1. The number of pyridine rings is 3. The molecule has 4 nitrogen and oxygen atoms in total. The predicted molar refractivity (Wildman–Crippen MR) is 203 cm³/mol. The van der Waals surface area contributed by atoms with Crippen LogP contribution in [-0.4, -0.2) is 19.5 Å². The standard InChI is InChI=1S/C21H19N2.2C12H10N.Ir/c1-15(2)14-23-20-9-4-3-7-17(20)18-11-10-16(13-21(18)23)19-8-5-6-12-22-19;2*1-10-6-5-9-12(13-10)11-7-3-2-4-8-11;/h3-9,11-13,15H,14H2,1-2H3;2*2-7,9H,1H3;/q3*-1;+3. The van der Waals surface area contributed by atoms with E-state index in [-0.39, 0.29) is 20.1 Å². The van der Waals surface area contributed by atoms with E-state index in [2.05, 4.69) is 88.0 Å². The largest absolute Gasteiger partial charge is 3.00 e. The molecular formula is C45H39IrN4. The van der Waals surface area contributed by atoms with Gasteiger partial charge in [-0.1, -0.05) is 73.8 Å². The Kier molecular flexibility index (Phi) is 12.6. The van der Waals surface area contributed by atoms with Gasteiger partial charge in [-0.15, -0.1) is 95.6 Å². The molecule has 0 saturated carbocycles. The first-order valence-electron chi connectivity index (χ1n) is 16.6. The number of para-hydroxylation sites is 1. The van der Waals surface area contributed by atoms with Crippen molar-refractivity contribution in [1.82, 2.24) is 19.5 Å². The minimum absolute atomic E-state index is 0. The van der Waals surface area contributed by atoms with Crippen LogP contribution in [-0.2, 0) is 26.7 Å². The van der Waals surface area contributed by atoms with Gasteiger partial charge in [0.2, 0.25) is 0 Å². The molecule has 0 saturated heterocycles. The molecular weight excluding hydrogens is 789 g/mol. The number of aromatic nitrogens is 4. The van der Waals surface area contributed by atoms with Crippen LogP contribution >= 0.6 is 0 Å². The molecule has 0 N–H and O–H groups in total. The number of rotatable bonds is 5. The van der Waals surface area contributed by atoms with Crippen molar-refractivity contribution in [3.63, 3.8) is 0 Å². The van der Waals surface area contributed by atoms with E-state index in [0.717, 1.165) is 51.7 Å². The van der Waals surface area contributed by atoms with Crippen LogP contribution in [0.2, 0.25) is 0 Å². The smallest absolute Gasteiger partial charge is 0.358 e. The third kappa shape index (κ3) is 9.06. The molecule has 4 aromatic carbocycles. The van der Waals surface area contributed by atoms with Crippen molar-refractivity contribution in [1.29, 1.82) is 0 Å². The van der Waals surface area contributed by atoms with Crippen molar-refractivity contribution in [2.24, 2.45) is 5.92 Å². The first-order valence-corrected chi connectivity index (χ1v) is 16.6. The quantitative estimate of drug-likeness (QED) is 0.162. The molecule has 0 aliphatic heterocycles. The van der Waals surface area contributed by atoms with E-state index in [4.69, 9.17) is 0 Å². The fraction of sp³-hybridized carbons (Fsp3) is 0.133. The van der Waals surface area contributed by atoms with Gasteiger partial charge in [-0.05, 0) is 72.0 Å². The third-order valence-electron chi connectivity index (χ3n) is 7.94. The van der Waals surface area contributed by atoms with Gasteiger partial charge < -0.3 is 19.5 Å². The van der Waals surface area contributed by atoms with Crippen LogP contribution in [0.1, 0.15) is 25.2 Å². The maximum atomic E-state index is 4.46. The van der Waals surface area contributed by atoms with Gasteiger partial charge in [0.05, 0.1) is 0 Å². The fourth-order valence-electron chi connectivity index (χ4n) is 5.71. The maximum absolute atomic E-state index is 4.46. The predicted octanol–water partition coefficient (Wildman–Crippen LogP) is 11.0. The number of fused-ring (bicyclic) bond motifs is 3. The van der Waals surface area contributed by atoms with E-state index < -0.39 is 0 Å². The summed E-state index contributed by atoms with van der Waals surface area (Å²) in [5.41, 5.74) is 10.7. The van der Waals surface area contributed by atoms with Crippen molar-refractivity contribution >= 4 is 21.8 Å². The normalized spacial score (nSPS) is 10.5. The summed E-state index contributed by atoms with van der Waals surface area (Å²) in [5.74, 6) is 0.594. The number of hydrogen-bond donors (Lipinski definition) is 0. The van der Waals surface area contributed by atoms with Gasteiger partial charge >= 0.3 is 20.1 Å². The molecule has 4 heterocycles. The average molecular weight is 828 g/mol. The number of benzene rings is 4. The molecule has 248 valence electrons. The maximum Gasteiger partial charge on any atom is 3.00 e. The van der Waals surface area contributed by atoms with Gasteiger partial charge in [0.1, 0.15) is 0 Å². The van der Waals surface area contributed by atoms with Crippen LogP contribution < -0.4 is 0 Å². The topological polar surface area (TPSA) is 43.6 Å². The Hall–Kier alpha value is -5.22. The molecule has 0 amide bonds. The van der Waals surface area contributed by atoms with Gasteiger partial charge in [0.15, 0.2) is 0 Å². The average Bonchev–Trinajstić information content (AvgIpc) is 3.45. The van der Waals surface area contributed by atoms with Crippen LogP contribution in [0.4, 0.5) is 0 Å². The van der Waals surface area contributed by atoms with Crippen LogP contribution in [0, 0.1) is 38.0 Å². The summed E-state index contributed by atoms with van der Waals surface area (Å²) < 4.78 is 2.43. The van der Waals surface area contributed by atoms with E-state index in [1.165, 1.54) is 21.8 Å². The van der Waals surface area contributed by atoms with E-state index in [0.29, 0.717) is 5.92 Å². The summed E-state index contributed by atoms with van der Waals surface area (Å²) >= 11 is 0. The second-order valence-electron chi connectivity index (χ2n) is 12.3. The van der Waals surface area contributed by atoms with Gasteiger partial charge in [-0.25, -0.2) is 0 Å². The second-order valence-corrected chi connectivity index (χ2v) is 12.3. The minimum Gasteiger partial charge on any atom is -0.358 e. The summed E-state index contributed by atoms with van der Waals surface area (Å²) in [7, 11) is 0. The van der Waals surface area contributed by atoms with Crippen molar-refractivity contribution in [3.05, 3.63) is 175 Å². The van der Waals surface area contributed by atoms with Crippen LogP contribution in [0.25, 0.3) is 55.6 Å². The molecule has 8 aromatic rings. The molecule has 0 radical (unpaired) electrons. The molecule has 0 bridgehead atoms. The summed E-state index contributed by atoms with van der Waals surface area (Å²) in [6, 6.07) is 56.4. The van der Waals surface area contributed by atoms with Crippen LogP contribution in [0.3, 0.4) is 0 Å².